The summed E-state index contributed by atoms with van der Waals surface area (Å²) in [7, 11) is 3.63. The van der Waals surface area contributed by atoms with Crippen molar-refractivity contribution < 1.29 is 9.53 Å². The molecule has 0 N–H and O–H groups in total. The first-order valence-corrected chi connectivity index (χ1v) is 7.01. The van der Waals surface area contributed by atoms with E-state index < -0.39 is 0 Å². The molecule has 0 saturated carbocycles. The van der Waals surface area contributed by atoms with Crippen molar-refractivity contribution in [1.29, 1.82) is 0 Å². The van der Waals surface area contributed by atoms with Gasteiger partial charge in [0.1, 0.15) is 5.69 Å². The van der Waals surface area contributed by atoms with E-state index in [0.29, 0.717) is 5.92 Å². The van der Waals surface area contributed by atoms with E-state index in [-0.39, 0.29) is 5.91 Å². The molecule has 100 valence electrons. The number of carbonyl (C=O) groups is 1. The minimum Gasteiger partial charge on any atom is -0.384 e. The van der Waals surface area contributed by atoms with E-state index in [0.717, 1.165) is 42.7 Å². The maximum absolute atomic E-state index is 12.4. The number of hydrogen-bond donors (Lipinski definition) is 0. The van der Waals surface area contributed by atoms with Gasteiger partial charge in [0.05, 0.1) is 0 Å². The monoisotopic (exact) mass is 314 g/mol. The minimum absolute atomic E-state index is 0.124. The van der Waals surface area contributed by atoms with Gasteiger partial charge in [-0.05, 0) is 40.8 Å². The molecular weight excluding hydrogens is 296 g/mol. The molecule has 1 aromatic heterocycles. The summed E-state index contributed by atoms with van der Waals surface area (Å²) in [6.07, 6.45) is 3.97. The first kappa shape index (κ1) is 13.6. The fourth-order valence-corrected chi connectivity index (χ4v) is 2.96. The van der Waals surface area contributed by atoms with Gasteiger partial charge in [-0.3, -0.25) is 4.79 Å². The number of halogens is 1. The number of likely N-dealkylation sites (tertiary alicyclic amines) is 1. The number of nitrogens with zero attached hydrogens (tertiary/aromatic N) is 2. The third-order valence-corrected chi connectivity index (χ3v) is 3.93. The third-order valence-electron chi connectivity index (χ3n) is 3.49. The van der Waals surface area contributed by atoms with Gasteiger partial charge >= 0.3 is 0 Å². The molecule has 0 bridgehead atoms. The van der Waals surface area contributed by atoms with Crippen LogP contribution in [0.1, 0.15) is 23.3 Å². The molecule has 1 aliphatic rings. The van der Waals surface area contributed by atoms with Crippen molar-refractivity contribution >= 4 is 21.8 Å². The standard InChI is InChI=1S/C13H19BrN2O2/c1-15-8-11(14)7-12(15)13(17)16-5-3-10(4-6-16)9-18-2/h7-8,10H,3-6,9H2,1-2H3. The molecule has 0 radical (unpaired) electrons. The lowest BCUT2D eigenvalue weighted by molar-refractivity contribution is 0.0605. The first-order chi connectivity index (χ1) is 8.61. The molecule has 1 amide bonds. The number of piperidine rings is 1. The normalized spacial score (nSPS) is 17.2. The Hall–Kier alpha value is -0.810. The Bertz CT molecular complexity index is 423. The molecule has 0 aliphatic carbocycles. The molecule has 2 heterocycles. The van der Waals surface area contributed by atoms with Gasteiger partial charge in [0.15, 0.2) is 0 Å². The number of rotatable bonds is 3. The number of aryl methyl sites for hydroxylation is 1. The number of carbonyl (C=O) groups excluding carboxylic acids is 1. The van der Waals surface area contributed by atoms with Crippen molar-refractivity contribution in [1.82, 2.24) is 9.47 Å². The maximum atomic E-state index is 12.4. The fraction of sp³-hybridized carbons (Fsp3) is 0.615. The quantitative estimate of drug-likeness (QED) is 0.858. The number of ether oxygens (including phenoxy) is 1. The smallest absolute Gasteiger partial charge is 0.270 e. The zero-order chi connectivity index (χ0) is 13.1. The Balaban J connectivity index is 1.97. The third kappa shape index (κ3) is 2.95. The summed E-state index contributed by atoms with van der Waals surface area (Å²) >= 11 is 3.40. The van der Waals surface area contributed by atoms with Crippen LogP contribution in [-0.4, -0.2) is 42.2 Å². The summed E-state index contributed by atoms with van der Waals surface area (Å²) in [5, 5.41) is 0. The molecule has 1 fully saturated rings. The number of hydrogen-bond acceptors (Lipinski definition) is 2. The summed E-state index contributed by atoms with van der Waals surface area (Å²) in [6, 6.07) is 1.88. The van der Waals surface area contributed by atoms with E-state index >= 15 is 0 Å². The van der Waals surface area contributed by atoms with Crippen LogP contribution in [-0.2, 0) is 11.8 Å². The van der Waals surface area contributed by atoms with Gasteiger partial charge in [0.25, 0.3) is 5.91 Å². The van der Waals surface area contributed by atoms with Crippen LogP contribution in [0.5, 0.6) is 0 Å². The molecule has 0 aromatic carbocycles. The summed E-state index contributed by atoms with van der Waals surface area (Å²) in [5.74, 6) is 0.721. The van der Waals surface area contributed by atoms with E-state index in [4.69, 9.17) is 4.74 Å². The molecule has 0 unspecified atom stereocenters. The van der Waals surface area contributed by atoms with E-state index in [9.17, 15) is 4.79 Å². The van der Waals surface area contributed by atoms with E-state index in [2.05, 4.69) is 15.9 Å². The second kappa shape index (κ2) is 5.89. The highest BCUT2D eigenvalue weighted by Crippen LogP contribution is 2.21. The second-order valence-corrected chi connectivity index (χ2v) is 5.76. The molecule has 0 spiro atoms. The predicted octanol–water partition coefficient (Wildman–Crippen LogP) is 2.29. The van der Waals surface area contributed by atoms with Crippen LogP contribution in [0.2, 0.25) is 0 Å². The van der Waals surface area contributed by atoms with Gasteiger partial charge in [-0.1, -0.05) is 0 Å². The van der Waals surface area contributed by atoms with Crippen molar-refractivity contribution in [2.75, 3.05) is 26.8 Å². The lowest BCUT2D eigenvalue weighted by atomic mass is 9.97. The fourth-order valence-electron chi connectivity index (χ4n) is 2.44. The summed E-state index contributed by atoms with van der Waals surface area (Å²) < 4.78 is 7.99. The topological polar surface area (TPSA) is 34.5 Å². The van der Waals surface area contributed by atoms with Crippen molar-refractivity contribution in [2.45, 2.75) is 12.8 Å². The van der Waals surface area contributed by atoms with Gasteiger partial charge in [-0.2, -0.15) is 0 Å². The number of aromatic nitrogens is 1. The van der Waals surface area contributed by atoms with Gasteiger partial charge in [-0.25, -0.2) is 0 Å². The second-order valence-electron chi connectivity index (χ2n) is 4.85. The molecule has 1 aliphatic heterocycles. The van der Waals surface area contributed by atoms with Crippen LogP contribution in [0, 0.1) is 5.92 Å². The zero-order valence-electron chi connectivity index (χ0n) is 10.9. The summed E-state index contributed by atoms with van der Waals surface area (Å²) in [6.45, 7) is 2.46. The molecule has 1 aromatic rings. The molecule has 4 nitrogen and oxygen atoms in total. The summed E-state index contributed by atoms with van der Waals surface area (Å²) in [4.78, 5) is 14.3. The van der Waals surface area contributed by atoms with Crippen LogP contribution in [0.25, 0.3) is 0 Å². The van der Waals surface area contributed by atoms with Crippen LogP contribution < -0.4 is 0 Å². The van der Waals surface area contributed by atoms with Crippen LogP contribution in [0.3, 0.4) is 0 Å². The lowest BCUT2D eigenvalue weighted by Gasteiger charge is -2.31. The van der Waals surface area contributed by atoms with Crippen molar-refractivity contribution in [3.8, 4) is 0 Å². The van der Waals surface area contributed by atoms with E-state index in [1.807, 2.05) is 28.8 Å². The molecule has 2 rings (SSSR count). The Kier molecular flexibility index (Phi) is 4.45. The Morgan fingerprint density at radius 3 is 2.67 bits per heavy atom. The van der Waals surface area contributed by atoms with Crippen LogP contribution in [0.4, 0.5) is 0 Å². The van der Waals surface area contributed by atoms with Gasteiger partial charge in [0, 0.05) is 44.5 Å². The van der Waals surface area contributed by atoms with Gasteiger partial charge in [0.2, 0.25) is 0 Å². The average molecular weight is 315 g/mol. The Morgan fingerprint density at radius 2 is 2.17 bits per heavy atom. The average Bonchev–Trinajstić information content (AvgIpc) is 2.69. The Labute approximate surface area is 116 Å². The maximum Gasteiger partial charge on any atom is 0.270 e. The molecule has 5 heteroatoms. The highest BCUT2D eigenvalue weighted by molar-refractivity contribution is 9.10. The highest BCUT2D eigenvalue weighted by Gasteiger charge is 2.24. The van der Waals surface area contributed by atoms with Crippen molar-refractivity contribution in [3.05, 3.63) is 22.4 Å². The van der Waals surface area contributed by atoms with Crippen molar-refractivity contribution in [3.63, 3.8) is 0 Å². The highest BCUT2D eigenvalue weighted by atomic mass is 79.9. The van der Waals surface area contributed by atoms with E-state index in [1.54, 1.807) is 7.11 Å². The largest absolute Gasteiger partial charge is 0.384 e. The molecule has 1 saturated heterocycles. The first-order valence-electron chi connectivity index (χ1n) is 6.22. The number of amides is 1. The van der Waals surface area contributed by atoms with Crippen LogP contribution >= 0.6 is 15.9 Å². The zero-order valence-corrected chi connectivity index (χ0v) is 12.4. The lowest BCUT2D eigenvalue weighted by Crippen LogP contribution is -2.40. The van der Waals surface area contributed by atoms with E-state index in [1.165, 1.54) is 0 Å². The van der Waals surface area contributed by atoms with Gasteiger partial charge in [-0.15, -0.1) is 0 Å². The summed E-state index contributed by atoms with van der Waals surface area (Å²) in [5.41, 5.74) is 0.743. The molecule has 18 heavy (non-hydrogen) atoms. The van der Waals surface area contributed by atoms with Gasteiger partial charge < -0.3 is 14.2 Å². The molecular formula is C13H19BrN2O2. The van der Waals surface area contributed by atoms with Crippen LogP contribution in [0.15, 0.2) is 16.7 Å². The SMILES string of the molecule is COCC1CCN(C(=O)c2cc(Br)cn2C)CC1. The number of methoxy groups -OCH3 is 1. The van der Waals surface area contributed by atoms with Crippen molar-refractivity contribution in [2.24, 2.45) is 13.0 Å². The predicted molar refractivity (Wildman–Crippen MR) is 73.6 cm³/mol. The Morgan fingerprint density at radius 1 is 1.50 bits per heavy atom. The molecule has 0 atom stereocenters. The minimum atomic E-state index is 0.124.